The average molecular weight is 339 g/mol. The van der Waals surface area contributed by atoms with E-state index in [-0.39, 0.29) is 5.82 Å². The van der Waals surface area contributed by atoms with Crippen molar-refractivity contribution in [2.24, 2.45) is 0 Å². The Morgan fingerprint density at radius 3 is 2.50 bits per heavy atom. The quantitative estimate of drug-likeness (QED) is 0.899. The first-order valence-electron chi connectivity index (χ1n) is 6.33. The van der Waals surface area contributed by atoms with Crippen LogP contribution in [0, 0.1) is 5.82 Å². The minimum Gasteiger partial charge on any atom is -0.497 e. The maximum absolute atomic E-state index is 13.2. The van der Waals surface area contributed by atoms with Gasteiger partial charge in [-0.3, -0.25) is 0 Å². The molecule has 0 heterocycles. The molecule has 0 aromatic heterocycles. The molecule has 0 saturated heterocycles. The number of hydrogen-bond donors (Lipinski definition) is 1. The fourth-order valence-corrected chi connectivity index (χ4v) is 2.47. The molecule has 0 aliphatic heterocycles. The van der Waals surface area contributed by atoms with Crippen LogP contribution in [-0.2, 0) is 12.8 Å². The Morgan fingerprint density at radius 2 is 1.85 bits per heavy atom. The molecular weight excluding hydrogens is 323 g/mol. The lowest BCUT2D eigenvalue weighted by Crippen LogP contribution is -2.14. The van der Waals surface area contributed by atoms with Crippen LogP contribution in [0.25, 0.3) is 0 Å². The van der Waals surface area contributed by atoms with E-state index >= 15 is 0 Å². The van der Waals surface area contributed by atoms with Crippen molar-refractivity contribution in [3.8, 4) is 5.75 Å². The van der Waals surface area contributed by atoms with E-state index in [1.54, 1.807) is 13.2 Å². The van der Waals surface area contributed by atoms with Crippen LogP contribution in [0.15, 0.2) is 46.9 Å². The summed E-state index contributed by atoms with van der Waals surface area (Å²) in [5.41, 5.74) is 1.79. The number of ether oxygens (including phenoxy) is 1. The molecule has 0 fully saturated rings. The third-order valence-corrected chi connectivity index (χ3v) is 3.87. The zero-order valence-electron chi connectivity index (χ0n) is 11.1. The first-order valence-corrected chi connectivity index (χ1v) is 7.12. The normalized spacial score (nSPS) is 12.2. The van der Waals surface area contributed by atoms with Gasteiger partial charge in [0.25, 0.3) is 0 Å². The van der Waals surface area contributed by atoms with Crippen LogP contribution in [0.5, 0.6) is 5.75 Å². The molecular formula is C16H16BrFO2. The van der Waals surface area contributed by atoms with E-state index < -0.39 is 6.10 Å². The molecule has 4 heteroatoms. The second-order valence-electron chi connectivity index (χ2n) is 4.65. The van der Waals surface area contributed by atoms with Crippen molar-refractivity contribution in [2.75, 3.05) is 7.11 Å². The smallest absolute Gasteiger partial charge is 0.123 e. The van der Waals surface area contributed by atoms with Gasteiger partial charge in [-0.05, 0) is 54.3 Å². The second kappa shape index (κ2) is 6.86. The van der Waals surface area contributed by atoms with Crippen LogP contribution in [0.1, 0.15) is 11.1 Å². The minimum atomic E-state index is -0.554. The molecule has 1 unspecified atom stereocenters. The summed E-state index contributed by atoms with van der Waals surface area (Å²) in [4.78, 5) is 0. The topological polar surface area (TPSA) is 29.5 Å². The van der Waals surface area contributed by atoms with E-state index in [1.807, 2.05) is 24.3 Å². The number of methoxy groups -OCH3 is 1. The Morgan fingerprint density at radius 1 is 1.15 bits per heavy atom. The molecule has 106 valence electrons. The highest BCUT2D eigenvalue weighted by molar-refractivity contribution is 9.10. The van der Waals surface area contributed by atoms with Gasteiger partial charge >= 0.3 is 0 Å². The van der Waals surface area contributed by atoms with Crippen molar-refractivity contribution < 1.29 is 14.2 Å². The van der Waals surface area contributed by atoms with Crippen molar-refractivity contribution in [2.45, 2.75) is 18.9 Å². The number of aliphatic hydroxyl groups is 1. The Hall–Kier alpha value is -1.39. The van der Waals surface area contributed by atoms with Gasteiger partial charge in [0.2, 0.25) is 0 Å². The molecule has 0 bridgehead atoms. The zero-order chi connectivity index (χ0) is 14.5. The third kappa shape index (κ3) is 4.05. The number of halogens is 2. The molecule has 0 spiro atoms. The van der Waals surface area contributed by atoms with E-state index in [1.165, 1.54) is 12.1 Å². The summed E-state index contributed by atoms with van der Waals surface area (Å²) in [7, 11) is 1.62. The maximum Gasteiger partial charge on any atom is 0.123 e. The Bertz CT molecular complexity index is 569. The molecule has 0 saturated carbocycles. The summed E-state index contributed by atoms with van der Waals surface area (Å²) in [6.07, 6.45) is 0.374. The summed E-state index contributed by atoms with van der Waals surface area (Å²) in [5.74, 6) is 0.496. The van der Waals surface area contributed by atoms with Crippen LogP contribution in [-0.4, -0.2) is 18.3 Å². The Balaban J connectivity index is 2.00. The van der Waals surface area contributed by atoms with E-state index in [9.17, 15) is 9.50 Å². The predicted octanol–water partition coefficient (Wildman–Crippen LogP) is 3.74. The SMILES string of the molecule is COc1ccc(CC(O)Cc2cc(F)ccc2Br)cc1. The van der Waals surface area contributed by atoms with Crippen molar-refractivity contribution >= 4 is 15.9 Å². The molecule has 0 aliphatic rings. The molecule has 0 radical (unpaired) electrons. The van der Waals surface area contributed by atoms with Crippen molar-refractivity contribution in [1.29, 1.82) is 0 Å². The summed E-state index contributed by atoms with van der Waals surface area (Å²) in [5, 5.41) is 10.1. The summed E-state index contributed by atoms with van der Waals surface area (Å²) >= 11 is 3.37. The van der Waals surface area contributed by atoms with Gasteiger partial charge in [0, 0.05) is 4.47 Å². The monoisotopic (exact) mass is 338 g/mol. The van der Waals surface area contributed by atoms with Crippen molar-refractivity contribution in [3.05, 3.63) is 63.9 Å². The first kappa shape index (κ1) is 15.0. The van der Waals surface area contributed by atoms with Crippen molar-refractivity contribution in [1.82, 2.24) is 0 Å². The number of rotatable bonds is 5. The van der Waals surface area contributed by atoms with Gasteiger partial charge in [0.1, 0.15) is 11.6 Å². The molecule has 20 heavy (non-hydrogen) atoms. The van der Waals surface area contributed by atoms with Gasteiger partial charge in [-0.2, -0.15) is 0 Å². The third-order valence-electron chi connectivity index (χ3n) is 3.09. The highest BCUT2D eigenvalue weighted by Gasteiger charge is 2.10. The highest BCUT2D eigenvalue weighted by Crippen LogP contribution is 2.21. The van der Waals surface area contributed by atoms with Gasteiger partial charge in [-0.15, -0.1) is 0 Å². The largest absolute Gasteiger partial charge is 0.497 e. The number of benzene rings is 2. The second-order valence-corrected chi connectivity index (χ2v) is 5.50. The van der Waals surface area contributed by atoms with E-state index in [0.29, 0.717) is 12.8 Å². The van der Waals surface area contributed by atoms with Gasteiger partial charge in [-0.1, -0.05) is 28.1 Å². The predicted molar refractivity (Wildman–Crippen MR) is 80.5 cm³/mol. The molecule has 2 nitrogen and oxygen atoms in total. The number of aliphatic hydroxyl groups excluding tert-OH is 1. The Kier molecular flexibility index (Phi) is 5.15. The van der Waals surface area contributed by atoms with E-state index in [0.717, 1.165) is 21.3 Å². The van der Waals surface area contributed by atoms with Gasteiger partial charge in [0.15, 0.2) is 0 Å². The van der Waals surface area contributed by atoms with Crippen LogP contribution in [0.3, 0.4) is 0 Å². The van der Waals surface area contributed by atoms with Crippen LogP contribution in [0.4, 0.5) is 4.39 Å². The lowest BCUT2D eigenvalue weighted by Gasteiger charge is -2.12. The van der Waals surface area contributed by atoms with Crippen LogP contribution in [0.2, 0.25) is 0 Å². The van der Waals surface area contributed by atoms with Gasteiger partial charge in [-0.25, -0.2) is 4.39 Å². The molecule has 2 aromatic rings. The zero-order valence-corrected chi connectivity index (χ0v) is 12.7. The molecule has 0 amide bonds. The lowest BCUT2D eigenvalue weighted by molar-refractivity contribution is 0.175. The van der Waals surface area contributed by atoms with Gasteiger partial charge < -0.3 is 9.84 Å². The van der Waals surface area contributed by atoms with E-state index in [2.05, 4.69) is 15.9 Å². The maximum atomic E-state index is 13.2. The summed E-state index contributed by atoms with van der Waals surface area (Å²) < 4.78 is 19.1. The molecule has 0 aliphatic carbocycles. The van der Waals surface area contributed by atoms with Gasteiger partial charge in [0.05, 0.1) is 13.2 Å². The average Bonchev–Trinajstić information content (AvgIpc) is 2.43. The summed E-state index contributed by atoms with van der Waals surface area (Å²) in [6.45, 7) is 0. The lowest BCUT2D eigenvalue weighted by atomic mass is 10.0. The summed E-state index contributed by atoms with van der Waals surface area (Å²) in [6, 6.07) is 12.1. The van der Waals surface area contributed by atoms with Crippen LogP contribution < -0.4 is 4.74 Å². The highest BCUT2D eigenvalue weighted by atomic mass is 79.9. The number of hydrogen-bond acceptors (Lipinski definition) is 2. The molecule has 1 atom stereocenters. The van der Waals surface area contributed by atoms with Crippen LogP contribution >= 0.6 is 15.9 Å². The fraction of sp³-hybridized carbons (Fsp3) is 0.250. The first-order chi connectivity index (χ1) is 9.58. The van der Waals surface area contributed by atoms with E-state index in [4.69, 9.17) is 4.74 Å². The fourth-order valence-electron chi connectivity index (χ4n) is 2.06. The molecule has 2 aromatic carbocycles. The minimum absolute atomic E-state index is 0.292. The van der Waals surface area contributed by atoms with Crippen molar-refractivity contribution in [3.63, 3.8) is 0 Å². The standard InChI is InChI=1S/C16H16BrFO2/c1-20-15-5-2-11(3-6-15)8-14(19)10-12-9-13(18)4-7-16(12)17/h2-7,9,14,19H,8,10H2,1H3. The molecule has 2 rings (SSSR count). The Labute approximate surface area is 126 Å². The molecule has 1 N–H and O–H groups in total.